The van der Waals surface area contributed by atoms with Crippen LogP contribution < -0.4 is 10.5 Å². The molecule has 2 aromatic rings. The van der Waals surface area contributed by atoms with Gasteiger partial charge in [-0.05, 0) is 19.1 Å². The van der Waals surface area contributed by atoms with E-state index in [0.29, 0.717) is 17.2 Å². The lowest BCUT2D eigenvalue weighted by Gasteiger charge is -2.09. The Balaban J connectivity index is 2.36. The molecule has 0 atom stereocenters. The molecular weight excluding hydrogens is 284 g/mol. The van der Waals surface area contributed by atoms with Crippen LogP contribution in [0.4, 0.5) is 5.69 Å². The quantitative estimate of drug-likeness (QED) is 0.855. The molecule has 0 saturated heterocycles. The Bertz CT molecular complexity index is 652. The van der Waals surface area contributed by atoms with Gasteiger partial charge in [0.15, 0.2) is 9.84 Å². The summed E-state index contributed by atoms with van der Waals surface area (Å²) in [4.78, 5) is 4.65. The minimum absolute atomic E-state index is 0.0998. The van der Waals surface area contributed by atoms with E-state index in [0.717, 1.165) is 0 Å². The number of hydrogen-bond acceptors (Lipinski definition) is 6. The molecule has 0 saturated carbocycles. The van der Waals surface area contributed by atoms with E-state index in [1.165, 1.54) is 17.4 Å². The van der Waals surface area contributed by atoms with Crippen LogP contribution in [0.3, 0.4) is 0 Å². The van der Waals surface area contributed by atoms with Crippen LogP contribution in [0, 0.1) is 0 Å². The number of hydrogen-bond donors (Lipinski definition) is 1. The van der Waals surface area contributed by atoms with E-state index in [9.17, 15) is 8.42 Å². The van der Waals surface area contributed by atoms with Gasteiger partial charge in [-0.25, -0.2) is 8.42 Å². The monoisotopic (exact) mass is 298 g/mol. The van der Waals surface area contributed by atoms with Crippen LogP contribution in [-0.4, -0.2) is 20.0 Å². The summed E-state index contributed by atoms with van der Waals surface area (Å²) < 4.78 is 29.9. The standard InChI is InChI=1S/C12H14N2O3S2/c1-2-17-9-3-4-11(13)12(5-9)19(15,16)7-10-6-14-8-18-10/h3-6,8H,2,7,13H2,1H3. The van der Waals surface area contributed by atoms with Gasteiger partial charge in [0, 0.05) is 17.1 Å². The van der Waals surface area contributed by atoms with Crippen LogP contribution in [-0.2, 0) is 15.6 Å². The Hall–Kier alpha value is -1.60. The molecule has 0 radical (unpaired) electrons. The molecule has 2 N–H and O–H groups in total. The second-order valence-electron chi connectivity index (χ2n) is 3.86. The Kier molecular flexibility index (Phi) is 4.06. The van der Waals surface area contributed by atoms with E-state index in [2.05, 4.69) is 4.98 Å². The maximum absolute atomic E-state index is 12.3. The van der Waals surface area contributed by atoms with E-state index >= 15 is 0 Å². The van der Waals surface area contributed by atoms with Gasteiger partial charge in [-0.2, -0.15) is 0 Å². The molecule has 5 nitrogen and oxygen atoms in total. The van der Waals surface area contributed by atoms with Gasteiger partial charge in [-0.3, -0.25) is 4.98 Å². The highest BCUT2D eigenvalue weighted by Gasteiger charge is 2.20. The lowest BCUT2D eigenvalue weighted by molar-refractivity contribution is 0.339. The summed E-state index contributed by atoms with van der Waals surface area (Å²) in [6.07, 6.45) is 1.55. The van der Waals surface area contributed by atoms with Crippen molar-refractivity contribution >= 4 is 26.9 Å². The molecule has 19 heavy (non-hydrogen) atoms. The van der Waals surface area contributed by atoms with Crippen LogP contribution in [0.5, 0.6) is 5.75 Å². The average molecular weight is 298 g/mol. The number of anilines is 1. The second-order valence-corrected chi connectivity index (χ2v) is 6.79. The normalized spacial score (nSPS) is 11.4. The first kappa shape index (κ1) is 13.8. The molecule has 1 aromatic heterocycles. The van der Waals surface area contributed by atoms with Crippen molar-refractivity contribution in [1.82, 2.24) is 4.98 Å². The number of benzene rings is 1. The summed E-state index contributed by atoms with van der Waals surface area (Å²) in [5.41, 5.74) is 7.59. The number of aromatic nitrogens is 1. The van der Waals surface area contributed by atoms with Crippen LogP contribution in [0.2, 0.25) is 0 Å². The smallest absolute Gasteiger partial charge is 0.185 e. The molecular formula is C12H14N2O3S2. The molecule has 0 fully saturated rings. The topological polar surface area (TPSA) is 82.3 Å². The van der Waals surface area contributed by atoms with Crippen molar-refractivity contribution < 1.29 is 13.2 Å². The van der Waals surface area contributed by atoms with E-state index in [4.69, 9.17) is 10.5 Å². The van der Waals surface area contributed by atoms with Gasteiger partial charge in [0.2, 0.25) is 0 Å². The van der Waals surface area contributed by atoms with Crippen molar-refractivity contribution in [3.63, 3.8) is 0 Å². The molecule has 0 aliphatic rings. The van der Waals surface area contributed by atoms with Crippen molar-refractivity contribution in [3.05, 3.63) is 34.8 Å². The first-order valence-corrected chi connectivity index (χ1v) is 8.18. The minimum atomic E-state index is -3.49. The highest BCUT2D eigenvalue weighted by molar-refractivity contribution is 7.91. The van der Waals surface area contributed by atoms with Gasteiger partial charge in [-0.15, -0.1) is 11.3 Å². The Morgan fingerprint density at radius 1 is 1.42 bits per heavy atom. The molecule has 0 amide bonds. The van der Waals surface area contributed by atoms with Crippen LogP contribution in [0.15, 0.2) is 34.8 Å². The molecule has 1 heterocycles. The summed E-state index contributed by atoms with van der Waals surface area (Å²) in [6, 6.07) is 4.67. The number of rotatable bonds is 5. The highest BCUT2D eigenvalue weighted by atomic mass is 32.2. The Labute approximate surface area is 116 Å². The Morgan fingerprint density at radius 2 is 2.21 bits per heavy atom. The third-order valence-corrected chi connectivity index (χ3v) is 5.12. The van der Waals surface area contributed by atoms with E-state index in [1.54, 1.807) is 23.8 Å². The number of sulfone groups is 1. The third-order valence-electron chi connectivity index (χ3n) is 2.45. The Morgan fingerprint density at radius 3 is 2.84 bits per heavy atom. The van der Waals surface area contributed by atoms with Crippen molar-refractivity contribution in [2.24, 2.45) is 0 Å². The summed E-state index contributed by atoms with van der Waals surface area (Å²) in [5.74, 6) is 0.400. The van der Waals surface area contributed by atoms with Gasteiger partial charge >= 0.3 is 0 Å². The van der Waals surface area contributed by atoms with E-state index in [-0.39, 0.29) is 16.3 Å². The molecule has 7 heteroatoms. The van der Waals surface area contributed by atoms with E-state index < -0.39 is 9.84 Å². The zero-order valence-electron chi connectivity index (χ0n) is 10.4. The summed E-state index contributed by atoms with van der Waals surface area (Å²) in [5, 5.41) is 0. The fourth-order valence-electron chi connectivity index (χ4n) is 1.62. The third kappa shape index (κ3) is 3.24. The van der Waals surface area contributed by atoms with Crippen LogP contribution in [0.1, 0.15) is 11.8 Å². The number of nitrogens with two attached hydrogens (primary N) is 1. The average Bonchev–Trinajstić information content (AvgIpc) is 2.84. The number of nitrogens with zero attached hydrogens (tertiary/aromatic N) is 1. The van der Waals surface area contributed by atoms with Gasteiger partial charge in [-0.1, -0.05) is 0 Å². The fourth-order valence-corrected chi connectivity index (χ4v) is 4.06. The largest absolute Gasteiger partial charge is 0.494 e. The first-order valence-electron chi connectivity index (χ1n) is 5.65. The lowest BCUT2D eigenvalue weighted by atomic mass is 10.3. The first-order chi connectivity index (χ1) is 9.03. The molecule has 0 bridgehead atoms. The van der Waals surface area contributed by atoms with Crippen molar-refractivity contribution in [3.8, 4) is 5.75 Å². The number of ether oxygens (including phenoxy) is 1. The maximum Gasteiger partial charge on any atom is 0.185 e. The van der Waals surface area contributed by atoms with Crippen molar-refractivity contribution in [1.29, 1.82) is 0 Å². The van der Waals surface area contributed by atoms with E-state index in [1.807, 2.05) is 6.92 Å². The summed E-state index contributed by atoms with van der Waals surface area (Å²) in [7, 11) is -3.49. The van der Waals surface area contributed by atoms with Gasteiger partial charge in [0.1, 0.15) is 5.75 Å². The van der Waals surface area contributed by atoms with Gasteiger partial charge < -0.3 is 10.5 Å². The van der Waals surface area contributed by atoms with Crippen LogP contribution >= 0.6 is 11.3 Å². The van der Waals surface area contributed by atoms with Gasteiger partial charge in [0.25, 0.3) is 0 Å². The lowest BCUT2D eigenvalue weighted by Crippen LogP contribution is -2.07. The number of thiazole rings is 1. The maximum atomic E-state index is 12.3. The molecule has 0 aliphatic heterocycles. The molecule has 0 unspecified atom stereocenters. The van der Waals surface area contributed by atoms with Crippen molar-refractivity contribution in [2.45, 2.75) is 17.6 Å². The molecule has 102 valence electrons. The predicted molar refractivity (Wildman–Crippen MR) is 75.0 cm³/mol. The molecule has 2 rings (SSSR count). The van der Waals surface area contributed by atoms with Gasteiger partial charge in [0.05, 0.1) is 28.5 Å². The predicted octanol–water partition coefficient (Wildman–Crippen LogP) is 2.10. The zero-order chi connectivity index (χ0) is 13.9. The second kappa shape index (κ2) is 5.58. The minimum Gasteiger partial charge on any atom is -0.494 e. The van der Waals surface area contributed by atoms with Crippen molar-refractivity contribution in [2.75, 3.05) is 12.3 Å². The number of nitrogen functional groups attached to an aromatic ring is 1. The van der Waals surface area contributed by atoms with Crippen LogP contribution in [0.25, 0.3) is 0 Å². The summed E-state index contributed by atoms with van der Waals surface area (Å²) >= 11 is 1.30. The fraction of sp³-hybridized carbons (Fsp3) is 0.250. The highest BCUT2D eigenvalue weighted by Crippen LogP contribution is 2.27. The molecule has 0 aliphatic carbocycles. The molecule has 1 aromatic carbocycles. The molecule has 0 spiro atoms. The SMILES string of the molecule is CCOc1ccc(N)c(S(=O)(=O)Cc2cncs2)c1. The summed E-state index contributed by atoms with van der Waals surface area (Å²) in [6.45, 7) is 2.31. The zero-order valence-corrected chi connectivity index (χ0v) is 12.0.